The smallest absolute Gasteiger partial charge is 0.306 e. The number of carbonyl (C=O) groups excluding carboxylic acids is 3. The molecular formula is C74H128O6. The summed E-state index contributed by atoms with van der Waals surface area (Å²) in [6, 6.07) is 0. The van der Waals surface area contributed by atoms with E-state index in [1.807, 2.05) is 0 Å². The number of hydrogen-bond donors (Lipinski definition) is 0. The van der Waals surface area contributed by atoms with Crippen LogP contribution in [0, 0.1) is 0 Å². The highest BCUT2D eigenvalue weighted by Crippen LogP contribution is 2.17. The van der Waals surface area contributed by atoms with Crippen LogP contribution in [0.25, 0.3) is 0 Å². The fourth-order valence-electron chi connectivity index (χ4n) is 9.78. The molecule has 0 bridgehead atoms. The Morgan fingerprint density at radius 3 is 0.762 bits per heavy atom. The number of carbonyl (C=O) groups is 3. The molecule has 1 unspecified atom stereocenters. The summed E-state index contributed by atoms with van der Waals surface area (Å²) in [6.07, 6.45) is 91.4. The highest BCUT2D eigenvalue weighted by atomic mass is 16.6. The van der Waals surface area contributed by atoms with Crippen LogP contribution >= 0.6 is 0 Å². The molecule has 0 aromatic heterocycles. The maximum atomic E-state index is 12.9. The van der Waals surface area contributed by atoms with Crippen molar-refractivity contribution in [2.45, 2.75) is 341 Å². The summed E-state index contributed by atoms with van der Waals surface area (Å²) in [5.41, 5.74) is 0. The van der Waals surface area contributed by atoms with Crippen LogP contribution in [0.1, 0.15) is 335 Å². The lowest BCUT2D eigenvalue weighted by atomic mass is 10.0. The average Bonchev–Trinajstić information content (AvgIpc) is 3.46. The highest BCUT2D eigenvalue weighted by molar-refractivity contribution is 5.71. The Hall–Kier alpha value is -3.67. The first-order valence-corrected chi connectivity index (χ1v) is 34.2. The van der Waals surface area contributed by atoms with E-state index in [2.05, 4.69) is 118 Å². The second kappa shape index (κ2) is 67.8. The topological polar surface area (TPSA) is 78.9 Å². The van der Waals surface area contributed by atoms with Crippen molar-refractivity contribution in [1.29, 1.82) is 0 Å². The molecule has 0 N–H and O–H groups in total. The Morgan fingerprint density at radius 2 is 0.487 bits per heavy atom. The van der Waals surface area contributed by atoms with Crippen molar-refractivity contribution < 1.29 is 28.6 Å². The first-order chi connectivity index (χ1) is 39.5. The van der Waals surface area contributed by atoms with Gasteiger partial charge >= 0.3 is 17.9 Å². The van der Waals surface area contributed by atoms with Crippen molar-refractivity contribution in [1.82, 2.24) is 0 Å². The third kappa shape index (κ3) is 65.1. The minimum atomic E-state index is -0.790. The van der Waals surface area contributed by atoms with Crippen LogP contribution in [-0.4, -0.2) is 37.2 Å². The fraction of sp³-hybridized carbons (Fsp3) is 0.743. The van der Waals surface area contributed by atoms with Gasteiger partial charge in [-0.3, -0.25) is 14.4 Å². The SMILES string of the molecule is CC/C=C\C/C=C\C/C=C\C/C=C\CCCCCCCCCCCCCCCCCCC(=O)OCC(COC(=O)CCCCCCCCCCCCCCCCCC)OC(=O)CCCCCC/C=C\C/C=C\C/C=C\C/C=C\CC. The summed E-state index contributed by atoms with van der Waals surface area (Å²) in [5.74, 6) is -0.890. The first kappa shape index (κ1) is 76.3. The molecule has 0 fully saturated rings. The van der Waals surface area contributed by atoms with Crippen molar-refractivity contribution >= 4 is 17.9 Å². The lowest BCUT2D eigenvalue weighted by molar-refractivity contribution is -0.167. The predicted octanol–water partition coefficient (Wildman–Crippen LogP) is 23.6. The molecule has 0 aromatic carbocycles. The van der Waals surface area contributed by atoms with E-state index in [4.69, 9.17) is 14.2 Å². The number of esters is 3. The molecule has 0 heterocycles. The van der Waals surface area contributed by atoms with Crippen molar-refractivity contribution in [3.8, 4) is 0 Å². The lowest BCUT2D eigenvalue weighted by Gasteiger charge is -2.18. The summed E-state index contributed by atoms with van der Waals surface area (Å²) in [4.78, 5) is 38.4. The van der Waals surface area contributed by atoms with E-state index in [0.717, 1.165) is 122 Å². The van der Waals surface area contributed by atoms with Crippen molar-refractivity contribution in [3.05, 3.63) is 97.2 Å². The van der Waals surface area contributed by atoms with Crippen LogP contribution < -0.4 is 0 Å². The number of rotatable bonds is 62. The molecule has 80 heavy (non-hydrogen) atoms. The predicted molar refractivity (Wildman–Crippen MR) is 348 cm³/mol. The van der Waals surface area contributed by atoms with Gasteiger partial charge in [0.05, 0.1) is 0 Å². The summed E-state index contributed by atoms with van der Waals surface area (Å²) in [7, 11) is 0. The zero-order valence-electron chi connectivity index (χ0n) is 52.8. The van der Waals surface area contributed by atoms with Crippen LogP contribution in [0.2, 0.25) is 0 Å². The zero-order chi connectivity index (χ0) is 57.8. The van der Waals surface area contributed by atoms with Crippen LogP contribution in [0.3, 0.4) is 0 Å². The third-order valence-electron chi connectivity index (χ3n) is 14.8. The normalized spacial score (nSPS) is 12.7. The lowest BCUT2D eigenvalue weighted by Crippen LogP contribution is -2.30. The quantitative estimate of drug-likeness (QED) is 0.0261. The maximum absolute atomic E-state index is 12.9. The number of ether oxygens (including phenoxy) is 3. The molecule has 460 valence electrons. The number of unbranched alkanes of at least 4 members (excludes halogenated alkanes) is 35. The van der Waals surface area contributed by atoms with Gasteiger partial charge in [0, 0.05) is 19.3 Å². The molecule has 0 radical (unpaired) electrons. The largest absolute Gasteiger partial charge is 0.462 e. The van der Waals surface area contributed by atoms with Crippen LogP contribution in [0.4, 0.5) is 0 Å². The molecule has 1 atom stereocenters. The second-order valence-corrected chi connectivity index (χ2v) is 22.7. The number of hydrogen-bond acceptors (Lipinski definition) is 6. The standard InChI is InChI=1S/C74H128O6/c1-4-7-10-13-16-19-22-25-28-31-32-33-34-35-36-37-38-39-40-41-42-44-46-49-52-55-58-61-64-67-73(76)79-70-71(69-78-72(75)66-63-60-57-54-51-48-45-30-27-24-21-18-15-12-9-6-3)80-74(77)68-65-62-59-56-53-50-47-43-29-26-23-20-17-14-11-8-5-2/h7-8,10-11,16-17,19-20,25-26,28-29,32-33,47,50,71H,4-6,9,12-15,18,21-24,27,30-31,34-46,48-49,51-70H2,1-3H3/b10-7-,11-8-,19-16-,20-17-,28-25-,29-26-,33-32-,50-47-. The Kier molecular flexibility index (Phi) is 64.7. The molecular weight excluding hydrogens is 985 g/mol. The maximum Gasteiger partial charge on any atom is 0.306 e. The molecule has 0 aromatic rings. The molecule has 0 aliphatic heterocycles. The number of allylic oxidation sites excluding steroid dienone is 16. The molecule has 6 nitrogen and oxygen atoms in total. The van der Waals surface area contributed by atoms with E-state index in [1.165, 1.54) is 173 Å². The van der Waals surface area contributed by atoms with Gasteiger partial charge < -0.3 is 14.2 Å². The van der Waals surface area contributed by atoms with E-state index in [9.17, 15) is 14.4 Å². The molecule has 0 saturated heterocycles. The molecule has 0 aliphatic rings. The first-order valence-electron chi connectivity index (χ1n) is 34.2. The van der Waals surface area contributed by atoms with Gasteiger partial charge in [-0.25, -0.2) is 0 Å². The van der Waals surface area contributed by atoms with Gasteiger partial charge in [-0.1, -0.05) is 317 Å². The van der Waals surface area contributed by atoms with Gasteiger partial charge in [0.25, 0.3) is 0 Å². The van der Waals surface area contributed by atoms with E-state index >= 15 is 0 Å². The van der Waals surface area contributed by atoms with Crippen molar-refractivity contribution in [2.75, 3.05) is 13.2 Å². The van der Waals surface area contributed by atoms with Gasteiger partial charge in [0.1, 0.15) is 13.2 Å². The zero-order valence-corrected chi connectivity index (χ0v) is 52.8. The Bertz CT molecular complexity index is 1560. The minimum Gasteiger partial charge on any atom is -0.462 e. The van der Waals surface area contributed by atoms with Crippen LogP contribution in [-0.2, 0) is 28.6 Å². The van der Waals surface area contributed by atoms with Crippen LogP contribution in [0.15, 0.2) is 97.2 Å². The average molecular weight is 1110 g/mol. The van der Waals surface area contributed by atoms with Gasteiger partial charge in [0.15, 0.2) is 6.10 Å². The Morgan fingerprint density at radius 1 is 0.263 bits per heavy atom. The van der Waals surface area contributed by atoms with E-state index in [-0.39, 0.29) is 31.1 Å². The minimum absolute atomic E-state index is 0.0831. The summed E-state index contributed by atoms with van der Waals surface area (Å²) in [5, 5.41) is 0. The molecule has 0 aliphatic carbocycles. The van der Waals surface area contributed by atoms with E-state index in [0.29, 0.717) is 19.3 Å². The van der Waals surface area contributed by atoms with Gasteiger partial charge in [0.2, 0.25) is 0 Å². The monoisotopic (exact) mass is 1110 g/mol. The van der Waals surface area contributed by atoms with Crippen molar-refractivity contribution in [3.63, 3.8) is 0 Å². The Labute approximate surface area is 496 Å². The highest BCUT2D eigenvalue weighted by Gasteiger charge is 2.19. The molecule has 0 amide bonds. The van der Waals surface area contributed by atoms with Gasteiger partial charge in [-0.15, -0.1) is 0 Å². The molecule has 0 rings (SSSR count). The summed E-state index contributed by atoms with van der Waals surface area (Å²) >= 11 is 0. The van der Waals surface area contributed by atoms with Crippen molar-refractivity contribution in [2.24, 2.45) is 0 Å². The molecule has 6 heteroatoms. The van der Waals surface area contributed by atoms with Crippen LogP contribution in [0.5, 0.6) is 0 Å². The van der Waals surface area contributed by atoms with E-state index in [1.54, 1.807) is 0 Å². The van der Waals surface area contributed by atoms with Gasteiger partial charge in [-0.2, -0.15) is 0 Å². The molecule has 0 saturated carbocycles. The third-order valence-corrected chi connectivity index (χ3v) is 14.8. The van der Waals surface area contributed by atoms with E-state index < -0.39 is 6.10 Å². The second-order valence-electron chi connectivity index (χ2n) is 22.7. The summed E-state index contributed by atoms with van der Waals surface area (Å²) in [6.45, 7) is 6.44. The summed E-state index contributed by atoms with van der Waals surface area (Å²) < 4.78 is 17.0. The molecule has 0 spiro atoms. The Balaban J connectivity index is 4.28. The van der Waals surface area contributed by atoms with Gasteiger partial charge in [-0.05, 0) is 96.3 Å². The fourth-order valence-corrected chi connectivity index (χ4v) is 9.78.